The van der Waals surface area contributed by atoms with Crippen LogP contribution < -0.4 is 5.32 Å². The minimum absolute atomic E-state index is 0.173. The van der Waals surface area contributed by atoms with Crippen molar-refractivity contribution in [3.05, 3.63) is 30.1 Å². The van der Waals surface area contributed by atoms with Gasteiger partial charge in [-0.15, -0.1) is 0 Å². The van der Waals surface area contributed by atoms with E-state index in [4.69, 9.17) is 0 Å². The van der Waals surface area contributed by atoms with Crippen LogP contribution in [0.2, 0.25) is 0 Å². The number of hydrogen-bond acceptors (Lipinski definition) is 3. The van der Waals surface area contributed by atoms with Gasteiger partial charge >= 0.3 is 0 Å². The Balaban J connectivity index is 1.98. The molecule has 1 aromatic rings. The van der Waals surface area contributed by atoms with Crippen LogP contribution in [0.4, 0.5) is 0 Å². The number of aromatic nitrogens is 1. The fourth-order valence-electron chi connectivity index (χ4n) is 2.05. The third kappa shape index (κ3) is 2.42. The molecular weight excluding hydrogens is 188 g/mol. The monoisotopic (exact) mass is 204 g/mol. The molecule has 3 heteroatoms. The molecule has 1 aliphatic rings. The zero-order valence-corrected chi connectivity index (χ0v) is 8.94. The quantitative estimate of drug-likeness (QED) is 0.800. The third-order valence-corrected chi connectivity index (χ3v) is 3.01. The van der Waals surface area contributed by atoms with Gasteiger partial charge in [0.05, 0.1) is 0 Å². The number of carbonyl (C=O) groups excluding carboxylic acids is 1. The normalized spacial score (nSPS) is 25.4. The van der Waals surface area contributed by atoms with Gasteiger partial charge in [0.1, 0.15) is 5.78 Å². The lowest BCUT2D eigenvalue weighted by Crippen LogP contribution is -2.23. The highest BCUT2D eigenvalue weighted by atomic mass is 16.1. The lowest BCUT2D eigenvalue weighted by Gasteiger charge is -2.11. The minimum atomic E-state index is 0.173. The summed E-state index contributed by atoms with van der Waals surface area (Å²) in [4.78, 5) is 16.1. The van der Waals surface area contributed by atoms with Crippen LogP contribution in [0, 0.1) is 11.8 Å². The molecule has 1 aliphatic heterocycles. The molecule has 2 heterocycles. The Morgan fingerprint density at radius 1 is 1.53 bits per heavy atom. The first kappa shape index (κ1) is 10.3. The fourth-order valence-corrected chi connectivity index (χ4v) is 2.05. The van der Waals surface area contributed by atoms with Gasteiger partial charge in [-0.05, 0) is 24.6 Å². The van der Waals surface area contributed by atoms with Crippen LogP contribution >= 0.6 is 0 Å². The van der Waals surface area contributed by atoms with Gasteiger partial charge in [0.15, 0.2) is 0 Å². The highest BCUT2D eigenvalue weighted by molar-refractivity contribution is 5.83. The van der Waals surface area contributed by atoms with E-state index < -0.39 is 0 Å². The first-order valence-electron chi connectivity index (χ1n) is 5.40. The zero-order valence-electron chi connectivity index (χ0n) is 8.94. The maximum atomic E-state index is 11.9. The molecule has 0 aromatic carbocycles. The van der Waals surface area contributed by atoms with Crippen molar-refractivity contribution >= 4 is 5.78 Å². The lowest BCUT2D eigenvalue weighted by atomic mass is 9.91. The minimum Gasteiger partial charge on any atom is -0.316 e. The lowest BCUT2D eigenvalue weighted by molar-refractivity contribution is -0.122. The number of nitrogens with one attached hydrogen (secondary N) is 1. The molecule has 80 valence electrons. The van der Waals surface area contributed by atoms with Crippen LogP contribution in [-0.2, 0) is 11.2 Å². The fraction of sp³-hybridized carbons (Fsp3) is 0.500. The predicted octanol–water partition coefficient (Wildman–Crippen LogP) is 1.05. The highest BCUT2D eigenvalue weighted by Gasteiger charge is 2.29. The molecular formula is C12H16N2O. The predicted molar refractivity (Wildman–Crippen MR) is 58.5 cm³/mol. The first-order valence-corrected chi connectivity index (χ1v) is 5.40. The van der Waals surface area contributed by atoms with Crippen molar-refractivity contribution in [1.82, 2.24) is 10.3 Å². The summed E-state index contributed by atoms with van der Waals surface area (Å²) in [5.41, 5.74) is 0.876. The largest absolute Gasteiger partial charge is 0.316 e. The summed E-state index contributed by atoms with van der Waals surface area (Å²) in [7, 11) is 0. The highest BCUT2D eigenvalue weighted by Crippen LogP contribution is 2.18. The molecule has 0 spiro atoms. The maximum Gasteiger partial charge on any atom is 0.143 e. The van der Waals surface area contributed by atoms with Gasteiger partial charge in [0, 0.05) is 30.8 Å². The molecule has 3 nitrogen and oxygen atoms in total. The van der Waals surface area contributed by atoms with Crippen LogP contribution in [0.5, 0.6) is 0 Å². The van der Waals surface area contributed by atoms with Gasteiger partial charge in [0.2, 0.25) is 0 Å². The Kier molecular flexibility index (Phi) is 3.11. The second kappa shape index (κ2) is 4.53. The van der Waals surface area contributed by atoms with E-state index in [1.165, 1.54) is 0 Å². The van der Waals surface area contributed by atoms with E-state index >= 15 is 0 Å². The summed E-state index contributed by atoms with van der Waals surface area (Å²) in [5, 5.41) is 3.25. The molecule has 0 amide bonds. The summed E-state index contributed by atoms with van der Waals surface area (Å²) in [6, 6.07) is 5.70. The Morgan fingerprint density at radius 3 is 3.00 bits per heavy atom. The van der Waals surface area contributed by atoms with E-state index in [1.807, 2.05) is 18.2 Å². The van der Waals surface area contributed by atoms with E-state index in [0.717, 1.165) is 18.8 Å². The number of hydrogen-bond donors (Lipinski definition) is 1. The summed E-state index contributed by atoms with van der Waals surface area (Å²) in [6.45, 7) is 3.91. The van der Waals surface area contributed by atoms with E-state index in [2.05, 4.69) is 17.2 Å². The summed E-state index contributed by atoms with van der Waals surface area (Å²) in [6.07, 6.45) is 2.20. The van der Waals surface area contributed by atoms with Crippen LogP contribution in [0.15, 0.2) is 24.4 Å². The molecule has 1 saturated heterocycles. The van der Waals surface area contributed by atoms with Gasteiger partial charge in [-0.25, -0.2) is 0 Å². The SMILES string of the molecule is CC1CNCC1C(=O)Cc1ccccn1. The summed E-state index contributed by atoms with van der Waals surface area (Å²) in [5.74, 6) is 0.944. The second-order valence-electron chi connectivity index (χ2n) is 4.21. The smallest absolute Gasteiger partial charge is 0.143 e. The Hall–Kier alpha value is -1.22. The van der Waals surface area contributed by atoms with Crippen LogP contribution in [0.1, 0.15) is 12.6 Å². The van der Waals surface area contributed by atoms with Crippen molar-refractivity contribution < 1.29 is 4.79 Å². The van der Waals surface area contributed by atoms with Crippen LogP contribution in [-0.4, -0.2) is 23.9 Å². The van der Waals surface area contributed by atoms with Gasteiger partial charge in [-0.3, -0.25) is 9.78 Å². The molecule has 2 rings (SSSR count). The van der Waals surface area contributed by atoms with Crippen molar-refractivity contribution in [1.29, 1.82) is 0 Å². The van der Waals surface area contributed by atoms with Gasteiger partial charge in [0.25, 0.3) is 0 Å². The number of ketones is 1. The topological polar surface area (TPSA) is 42.0 Å². The van der Waals surface area contributed by atoms with Crippen molar-refractivity contribution in [2.75, 3.05) is 13.1 Å². The van der Waals surface area contributed by atoms with Crippen molar-refractivity contribution in [2.45, 2.75) is 13.3 Å². The van der Waals surface area contributed by atoms with Crippen LogP contribution in [0.3, 0.4) is 0 Å². The Morgan fingerprint density at radius 2 is 2.40 bits per heavy atom. The van der Waals surface area contributed by atoms with E-state index in [-0.39, 0.29) is 5.92 Å². The van der Waals surface area contributed by atoms with Crippen molar-refractivity contribution in [3.63, 3.8) is 0 Å². The molecule has 0 saturated carbocycles. The van der Waals surface area contributed by atoms with E-state index in [0.29, 0.717) is 18.1 Å². The Labute approximate surface area is 89.9 Å². The average molecular weight is 204 g/mol. The van der Waals surface area contributed by atoms with Gasteiger partial charge in [-0.1, -0.05) is 13.0 Å². The molecule has 15 heavy (non-hydrogen) atoms. The zero-order chi connectivity index (χ0) is 10.7. The summed E-state index contributed by atoms with van der Waals surface area (Å²) < 4.78 is 0. The number of carbonyl (C=O) groups is 1. The van der Waals surface area contributed by atoms with Crippen molar-refractivity contribution in [3.8, 4) is 0 Å². The third-order valence-electron chi connectivity index (χ3n) is 3.01. The molecule has 0 aliphatic carbocycles. The average Bonchev–Trinajstić information content (AvgIpc) is 2.66. The molecule has 1 N–H and O–H groups in total. The molecule has 0 bridgehead atoms. The van der Waals surface area contributed by atoms with Crippen molar-refractivity contribution in [2.24, 2.45) is 11.8 Å². The summed E-state index contributed by atoms with van der Waals surface area (Å²) >= 11 is 0. The maximum absolute atomic E-state index is 11.9. The van der Waals surface area contributed by atoms with E-state index in [1.54, 1.807) is 6.20 Å². The molecule has 1 fully saturated rings. The van der Waals surface area contributed by atoms with Crippen LogP contribution in [0.25, 0.3) is 0 Å². The molecule has 1 aromatic heterocycles. The van der Waals surface area contributed by atoms with E-state index in [9.17, 15) is 4.79 Å². The number of nitrogens with zero attached hydrogens (tertiary/aromatic N) is 1. The second-order valence-corrected chi connectivity index (χ2v) is 4.21. The molecule has 0 radical (unpaired) electrons. The van der Waals surface area contributed by atoms with Gasteiger partial charge in [-0.2, -0.15) is 0 Å². The van der Waals surface area contributed by atoms with Gasteiger partial charge < -0.3 is 5.32 Å². The molecule has 2 unspecified atom stereocenters. The number of pyridine rings is 1. The first-order chi connectivity index (χ1) is 7.27. The number of Topliss-reactive ketones (excluding diaryl/α,β-unsaturated/α-hetero) is 1. The number of rotatable bonds is 3. The molecule has 2 atom stereocenters. The Bertz CT molecular complexity index is 337. The standard InChI is InChI=1S/C12H16N2O/c1-9-7-13-8-11(9)12(15)6-10-4-2-3-5-14-10/h2-5,9,11,13H,6-8H2,1H3.